The van der Waals surface area contributed by atoms with Crippen LogP contribution < -0.4 is 4.90 Å². The average Bonchev–Trinajstić information content (AvgIpc) is 3.21. The second-order valence-corrected chi connectivity index (χ2v) is 7.40. The van der Waals surface area contributed by atoms with Crippen molar-refractivity contribution < 1.29 is 4.92 Å². The SMILES string of the molecule is Cc1nn(C)c(N2CCN(C3CC4CCC3C4)CC2)c1[N+](=O)[O-]. The maximum absolute atomic E-state index is 11.4. The molecule has 0 aromatic carbocycles. The molecule has 1 aromatic rings. The Balaban J connectivity index is 1.47. The Hall–Kier alpha value is -1.63. The minimum absolute atomic E-state index is 0.167. The first-order valence-corrected chi connectivity index (χ1v) is 8.71. The first kappa shape index (κ1) is 14.9. The van der Waals surface area contributed by atoms with E-state index in [1.165, 1.54) is 25.7 Å². The molecule has 126 valence electrons. The van der Waals surface area contributed by atoms with E-state index in [1.54, 1.807) is 18.7 Å². The predicted molar refractivity (Wildman–Crippen MR) is 87.6 cm³/mol. The molecule has 7 nitrogen and oxygen atoms in total. The summed E-state index contributed by atoms with van der Waals surface area (Å²) in [5.74, 6) is 2.53. The van der Waals surface area contributed by atoms with Gasteiger partial charge in [0.25, 0.3) is 0 Å². The second kappa shape index (κ2) is 5.47. The third-order valence-corrected chi connectivity index (χ3v) is 6.13. The van der Waals surface area contributed by atoms with E-state index in [1.807, 2.05) is 0 Å². The van der Waals surface area contributed by atoms with Crippen molar-refractivity contribution >= 4 is 11.5 Å². The predicted octanol–water partition coefficient (Wildman–Crippen LogP) is 1.95. The van der Waals surface area contributed by atoms with Crippen LogP contribution in [0.1, 0.15) is 31.4 Å². The molecule has 2 saturated carbocycles. The van der Waals surface area contributed by atoms with E-state index in [4.69, 9.17) is 0 Å². The molecule has 23 heavy (non-hydrogen) atoms. The fourth-order valence-corrected chi connectivity index (χ4v) is 5.13. The Morgan fingerprint density at radius 3 is 2.48 bits per heavy atom. The molecule has 0 radical (unpaired) electrons. The molecule has 0 spiro atoms. The van der Waals surface area contributed by atoms with Crippen LogP contribution in [0.5, 0.6) is 0 Å². The van der Waals surface area contributed by atoms with Gasteiger partial charge in [-0.05, 0) is 38.0 Å². The molecule has 2 heterocycles. The maximum Gasteiger partial charge on any atom is 0.333 e. The minimum atomic E-state index is -0.292. The van der Waals surface area contributed by atoms with E-state index in [-0.39, 0.29) is 10.6 Å². The van der Waals surface area contributed by atoms with Crippen molar-refractivity contribution in [3.8, 4) is 0 Å². The zero-order valence-electron chi connectivity index (χ0n) is 13.9. The molecule has 3 aliphatic rings. The monoisotopic (exact) mass is 319 g/mol. The van der Waals surface area contributed by atoms with Gasteiger partial charge >= 0.3 is 5.69 Å². The van der Waals surface area contributed by atoms with Gasteiger partial charge in [-0.3, -0.25) is 15.0 Å². The fraction of sp³-hybridized carbons (Fsp3) is 0.812. The van der Waals surface area contributed by atoms with Crippen LogP contribution in [0, 0.1) is 28.9 Å². The van der Waals surface area contributed by atoms with Crippen LogP contribution in [0.4, 0.5) is 11.5 Å². The normalized spacial score (nSPS) is 31.0. The quantitative estimate of drug-likeness (QED) is 0.629. The van der Waals surface area contributed by atoms with Gasteiger partial charge in [-0.25, -0.2) is 4.68 Å². The number of nitrogens with zero attached hydrogens (tertiary/aromatic N) is 5. The maximum atomic E-state index is 11.4. The standard InChI is InChI=1S/C16H25N5O2/c1-11-15(21(22)23)16(18(2)17-11)20-7-5-19(6-8-20)14-10-12-3-4-13(14)9-12/h12-14H,3-10H2,1-2H3. The lowest BCUT2D eigenvalue weighted by molar-refractivity contribution is -0.384. The van der Waals surface area contributed by atoms with Gasteiger partial charge in [0.15, 0.2) is 0 Å². The third-order valence-electron chi connectivity index (χ3n) is 6.13. The minimum Gasteiger partial charge on any atom is -0.349 e. The smallest absolute Gasteiger partial charge is 0.333 e. The number of piperazine rings is 1. The molecule has 1 aliphatic heterocycles. The highest BCUT2D eigenvalue weighted by Gasteiger charge is 2.43. The molecule has 0 N–H and O–H groups in total. The highest BCUT2D eigenvalue weighted by molar-refractivity contribution is 5.61. The zero-order valence-corrected chi connectivity index (χ0v) is 13.9. The van der Waals surface area contributed by atoms with Crippen LogP contribution in [-0.4, -0.2) is 51.8 Å². The molecular formula is C16H25N5O2. The van der Waals surface area contributed by atoms with Crippen LogP contribution in [0.15, 0.2) is 0 Å². The molecule has 2 aliphatic carbocycles. The van der Waals surface area contributed by atoms with Gasteiger partial charge in [0.2, 0.25) is 5.82 Å². The number of aromatic nitrogens is 2. The lowest BCUT2D eigenvalue weighted by Gasteiger charge is -2.41. The van der Waals surface area contributed by atoms with Crippen molar-refractivity contribution in [2.45, 2.75) is 38.6 Å². The van der Waals surface area contributed by atoms with Crippen LogP contribution in [0.2, 0.25) is 0 Å². The molecule has 1 aromatic heterocycles. The fourth-order valence-electron chi connectivity index (χ4n) is 5.13. The summed E-state index contributed by atoms with van der Waals surface area (Å²) in [5.41, 5.74) is 0.670. The second-order valence-electron chi connectivity index (χ2n) is 7.40. The molecule has 7 heteroatoms. The number of hydrogen-bond acceptors (Lipinski definition) is 5. The summed E-state index contributed by atoms with van der Waals surface area (Å²) < 4.78 is 1.67. The number of aryl methyl sites for hydroxylation is 2. The molecule has 3 atom stereocenters. The summed E-state index contributed by atoms with van der Waals surface area (Å²) in [6, 6.07) is 0.763. The number of rotatable bonds is 3. The Morgan fingerprint density at radius 1 is 1.17 bits per heavy atom. The highest BCUT2D eigenvalue weighted by atomic mass is 16.6. The lowest BCUT2D eigenvalue weighted by atomic mass is 9.93. The average molecular weight is 319 g/mol. The first-order valence-electron chi connectivity index (χ1n) is 8.71. The van der Waals surface area contributed by atoms with Crippen molar-refractivity contribution in [2.75, 3.05) is 31.1 Å². The Morgan fingerprint density at radius 2 is 1.91 bits per heavy atom. The summed E-state index contributed by atoms with van der Waals surface area (Å²) in [6.07, 6.45) is 5.64. The zero-order chi connectivity index (χ0) is 16.1. The van der Waals surface area contributed by atoms with Crippen molar-refractivity contribution in [2.24, 2.45) is 18.9 Å². The van der Waals surface area contributed by atoms with Crippen LogP contribution >= 0.6 is 0 Å². The number of hydrogen-bond donors (Lipinski definition) is 0. The van der Waals surface area contributed by atoms with E-state index in [0.717, 1.165) is 44.1 Å². The number of fused-ring (bicyclic) bond motifs is 2. The van der Waals surface area contributed by atoms with Gasteiger partial charge in [-0.15, -0.1) is 0 Å². The molecular weight excluding hydrogens is 294 g/mol. The summed E-state index contributed by atoms with van der Waals surface area (Å²) in [7, 11) is 1.80. The Bertz CT molecular complexity index is 620. The summed E-state index contributed by atoms with van der Waals surface area (Å²) in [5, 5.41) is 15.6. The summed E-state index contributed by atoms with van der Waals surface area (Å²) >= 11 is 0. The van der Waals surface area contributed by atoms with Crippen LogP contribution in [0.25, 0.3) is 0 Å². The van der Waals surface area contributed by atoms with E-state index in [9.17, 15) is 10.1 Å². The van der Waals surface area contributed by atoms with Crippen molar-refractivity contribution in [1.82, 2.24) is 14.7 Å². The summed E-state index contributed by atoms with van der Waals surface area (Å²) in [6.45, 7) is 5.44. The van der Waals surface area contributed by atoms with Crippen molar-refractivity contribution in [3.05, 3.63) is 15.8 Å². The largest absolute Gasteiger partial charge is 0.349 e. The van der Waals surface area contributed by atoms with Gasteiger partial charge in [0.05, 0.1) is 4.92 Å². The van der Waals surface area contributed by atoms with Gasteiger partial charge in [0, 0.05) is 39.3 Å². The van der Waals surface area contributed by atoms with Gasteiger partial charge in [-0.1, -0.05) is 6.42 Å². The van der Waals surface area contributed by atoms with Crippen LogP contribution in [0.3, 0.4) is 0 Å². The Kier molecular flexibility index (Phi) is 3.55. The summed E-state index contributed by atoms with van der Waals surface area (Å²) in [4.78, 5) is 15.9. The van der Waals surface area contributed by atoms with E-state index >= 15 is 0 Å². The van der Waals surface area contributed by atoms with E-state index in [0.29, 0.717) is 11.5 Å². The molecule has 4 rings (SSSR count). The van der Waals surface area contributed by atoms with E-state index < -0.39 is 0 Å². The van der Waals surface area contributed by atoms with Gasteiger partial charge < -0.3 is 4.90 Å². The highest BCUT2D eigenvalue weighted by Crippen LogP contribution is 2.46. The Labute approximate surface area is 136 Å². The van der Waals surface area contributed by atoms with E-state index in [2.05, 4.69) is 14.9 Å². The third kappa shape index (κ3) is 2.41. The molecule has 3 unspecified atom stereocenters. The van der Waals surface area contributed by atoms with Crippen molar-refractivity contribution in [3.63, 3.8) is 0 Å². The topological polar surface area (TPSA) is 67.4 Å². The van der Waals surface area contributed by atoms with Gasteiger partial charge in [-0.2, -0.15) is 5.10 Å². The van der Waals surface area contributed by atoms with Crippen molar-refractivity contribution in [1.29, 1.82) is 0 Å². The van der Waals surface area contributed by atoms with Gasteiger partial charge in [0.1, 0.15) is 5.69 Å². The van der Waals surface area contributed by atoms with Crippen LogP contribution in [-0.2, 0) is 7.05 Å². The first-order chi connectivity index (χ1) is 11.0. The lowest BCUT2D eigenvalue weighted by Crippen LogP contribution is -2.52. The molecule has 0 amide bonds. The number of nitro groups is 1. The number of anilines is 1. The molecule has 3 fully saturated rings. The molecule has 1 saturated heterocycles. The molecule has 2 bridgehead atoms.